The zero-order valence-electron chi connectivity index (χ0n) is 11.1. The first-order valence-corrected chi connectivity index (χ1v) is 6.37. The molecule has 0 saturated heterocycles. The van der Waals surface area contributed by atoms with Gasteiger partial charge in [-0.1, -0.05) is 11.6 Å². The third-order valence-electron chi connectivity index (χ3n) is 2.90. The maximum atomic E-state index is 12.1. The van der Waals surface area contributed by atoms with Crippen LogP contribution >= 0.6 is 11.6 Å². The summed E-state index contributed by atoms with van der Waals surface area (Å²) in [7, 11) is 0. The van der Waals surface area contributed by atoms with Crippen molar-refractivity contribution in [1.29, 1.82) is 0 Å². The van der Waals surface area contributed by atoms with Crippen LogP contribution in [0.15, 0.2) is 36.4 Å². The van der Waals surface area contributed by atoms with Gasteiger partial charge in [-0.05, 0) is 37.3 Å². The number of aryl methyl sites for hydroxylation is 1. The number of rotatable bonds is 3. The highest BCUT2D eigenvalue weighted by molar-refractivity contribution is 6.34. The van der Waals surface area contributed by atoms with Crippen molar-refractivity contribution < 1.29 is 9.72 Å². The second-order valence-electron chi connectivity index (χ2n) is 4.45. The van der Waals surface area contributed by atoms with Gasteiger partial charge < -0.3 is 11.1 Å². The molecule has 0 atom stereocenters. The van der Waals surface area contributed by atoms with Gasteiger partial charge in [0.05, 0.1) is 15.6 Å². The number of carbonyl (C=O) groups excluding carboxylic acids is 1. The summed E-state index contributed by atoms with van der Waals surface area (Å²) in [4.78, 5) is 22.4. The quantitative estimate of drug-likeness (QED) is 0.516. The molecular formula is C14H12ClN3O3. The average Bonchev–Trinajstić information content (AvgIpc) is 2.41. The number of nitrogens with one attached hydrogen (secondary N) is 1. The Balaban J connectivity index is 2.24. The van der Waals surface area contributed by atoms with Gasteiger partial charge in [0.2, 0.25) is 0 Å². The number of hydrogen-bond donors (Lipinski definition) is 2. The van der Waals surface area contributed by atoms with Crippen LogP contribution < -0.4 is 11.1 Å². The topological polar surface area (TPSA) is 98.3 Å². The van der Waals surface area contributed by atoms with Gasteiger partial charge in [0.15, 0.2) is 0 Å². The van der Waals surface area contributed by atoms with Crippen LogP contribution in [0.1, 0.15) is 15.9 Å². The molecule has 0 aliphatic carbocycles. The first kappa shape index (κ1) is 14.8. The van der Waals surface area contributed by atoms with Gasteiger partial charge in [0.25, 0.3) is 11.6 Å². The summed E-state index contributed by atoms with van der Waals surface area (Å²) < 4.78 is 0. The fourth-order valence-corrected chi connectivity index (χ4v) is 2.06. The van der Waals surface area contributed by atoms with Crippen LogP contribution in [0.3, 0.4) is 0 Å². The van der Waals surface area contributed by atoms with E-state index < -0.39 is 10.8 Å². The predicted molar refractivity (Wildman–Crippen MR) is 81.7 cm³/mol. The molecule has 0 bridgehead atoms. The van der Waals surface area contributed by atoms with Gasteiger partial charge in [-0.2, -0.15) is 0 Å². The summed E-state index contributed by atoms with van der Waals surface area (Å²) in [6.07, 6.45) is 0. The molecule has 6 nitrogen and oxygen atoms in total. The maximum Gasteiger partial charge on any atom is 0.272 e. The van der Waals surface area contributed by atoms with Crippen molar-refractivity contribution in [2.75, 3.05) is 11.1 Å². The summed E-state index contributed by atoms with van der Waals surface area (Å²) in [5.41, 5.74) is 7.18. The molecule has 7 heteroatoms. The van der Waals surface area contributed by atoms with Crippen molar-refractivity contribution in [2.24, 2.45) is 0 Å². The molecule has 0 spiro atoms. The fourth-order valence-electron chi connectivity index (χ4n) is 1.83. The lowest BCUT2D eigenvalue weighted by molar-refractivity contribution is -0.385. The number of carbonyl (C=O) groups is 1. The van der Waals surface area contributed by atoms with Gasteiger partial charge in [0.1, 0.15) is 0 Å². The number of nitrogen functional groups attached to an aromatic ring is 1. The van der Waals surface area contributed by atoms with Crippen LogP contribution in [0.25, 0.3) is 0 Å². The van der Waals surface area contributed by atoms with Crippen LogP contribution in [0.2, 0.25) is 5.02 Å². The Bertz CT molecular complexity index is 731. The van der Waals surface area contributed by atoms with E-state index in [0.717, 1.165) is 0 Å². The van der Waals surface area contributed by atoms with Crippen LogP contribution in [-0.4, -0.2) is 10.8 Å². The summed E-state index contributed by atoms with van der Waals surface area (Å²) in [6, 6.07) is 8.88. The second-order valence-corrected chi connectivity index (χ2v) is 4.86. The standard InChI is InChI=1S/C14H12ClN3O3/c1-8-6-9(2-5-13(8)18(20)21)14(19)17-12-4-3-10(16)7-11(12)15/h2-7H,16H2,1H3,(H,17,19). The van der Waals surface area contributed by atoms with Crippen molar-refractivity contribution in [3.63, 3.8) is 0 Å². The minimum atomic E-state index is -0.492. The van der Waals surface area contributed by atoms with Gasteiger partial charge in [-0.25, -0.2) is 0 Å². The van der Waals surface area contributed by atoms with E-state index in [1.165, 1.54) is 24.3 Å². The molecule has 0 saturated carbocycles. The number of benzene rings is 2. The normalized spacial score (nSPS) is 10.2. The molecule has 1 amide bonds. The highest BCUT2D eigenvalue weighted by atomic mass is 35.5. The monoisotopic (exact) mass is 305 g/mol. The Morgan fingerprint density at radius 3 is 2.57 bits per heavy atom. The highest BCUT2D eigenvalue weighted by Crippen LogP contribution is 2.25. The number of nitrogens with zero attached hydrogens (tertiary/aromatic N) is 1. The molecule has 0 aliphatic rings. The van der Waals surface area contributed by atoms with E-state index in [4.69, 9.17) is 17.3 Å². The molecule has 0 aromatic heterocycles. The zero-order chi connectivity index (χ0) is 15.6. The van der Waals surface area contributed by atoms with E-state index >= 15 is 0 Å². The second kappa shape index (κ2) is 5.80. The van der Waals surface area contributed by atoms with Crippen LogP contribution in [0.4, 0.5) is 17.1 Å². The minimum Gasteiger partial charge on any atom is -0.399 e. The molecule has 2 rings (SSSR count). The molecule has 3 N–H and O–H groups in total. The van der Waals surface area contributed by atoms with E-state index in [-0.39, 0.29) is 5.69 Å². The molecule has 0 unspecified atom stereocenters. The number of halogens is 1. The summed E-state index contributed by atoms with van der Waals surface area (Å²) >= 11 is 5.98. The lowest BCUT2D eigenvalue weighted by atomic mass is 10.1. The molecular weight excluding hydrogens is 294 g/mol. The number of anilines is 2. The average molecular weight is 306 g/mol. The van der Waals surface area contributed by atoms with Crippen LogP contribution in [0, 0.1) is 17.0 Å². The van der Waals surface area contributed by atoms with E-state index in [1.54, 1.807) is 19.1 Å². The predicted octanol–water partition coefficient (Wildman–Crippen LogP) is 3.39. The molecule has 108 valence electrons. The molecule has 0 radical (unpaired) electrons. The zero-order valence-corrected chi connectivity index (χ0v) is 11.8. The number of nitro benzene ring substituents is 1. The summed E-state index contributed by atoms with van der Waals surface area (Å²) in [5, 5.41) is 13.7. The molecule has 0 fully saturated rings. The fraction of sp³-hybridized carbons (Fsp3) is 0.0714. The Morgan fingerprint density at radius 2 is 2.00 bits per heavy atom. The van der Waals surface area contributed by atoms with E-state index in [2.05, 4.69) is 5.32 Å². The molecule has 2 aromatic rings. The number of amides is 1. The largest absolute Gasteiger partial charge is 0.399 e. The smallest absolute Gasteiger partial charge is 0.272 e. The molecule has 21 heavy (non-hydrogen) atoms. The third-order valence-corrected chi connectivity index (χ3v) is 3.21. The van der Waals surface area contributed by atoms with Gasteiger partial charge in [0, 0.05) is 22.9 Å². The highest BCUT2D eigenvalue weighted by Gasteiger charge is 2.14. The first-order chi connectivity index (χ1) is 9.88. The lowest BCUT2D eigenvalue weighted by Crippen LogP contribution is -2.12. The van der Waals surface area contributed by atoms with Crippen molar-refractivity contribution in [3.05, 3.63) is 62.7 Å². The van der Waals surface area contributed by atoms with Crippen molar-refractivity contribution in [1.82, 2.24) is 0 Å². The van der Waals surface area contributed by atoms with Crippen molar-refractivity contribution >= 4 is 34.6 Å². The number of nitrogens with two attached hydrogens (primary N) is 1. The Kier molecular flexibility index (Phi) is 4.09. The Hall–Kier alpha value is -2.60. The van der Waals surface area contributed by atoms with Crippen LogP contribution in [0.5, 0.6) is 0 Å². The van der Waals surface area contributed by atoms with E-state index in [9.17, 15) is 14.9 Å². The van der Waals surface area contributed by atoms with Crippen molar-refractivity contribution in [3.8, 4) is 0 Å². The van der Waals surface area contributed by atoms with E-state index in [1.807, 2.05) is 0 Å². The summed E-state index contributed by atoms with van der Waals surface area (Å²) in [5.74, 6) is -0.403. The van der Waals surface area contributed by atoms with Crippen LogP contribution in [-0.2, 0) is 0 Å². The first-order valence-electron chi connectivity index (χ1n) is 6.00. The Labute approximate surface area is 125 Å². The van der Waals surface area contributed by atoms with E-state index in [0.29, 0.717) is 27.5 Å². The summed E-state index contributed by atoms with van der Waals surface area (Å²) in [6.45, 7) is 1.57. The minimum absolute atomic E-state index is 0.0305. The number of hydrogen-bond acceptors (Lipinski definition) is 4. The number of nitro groups is 1. The SMILES string of the molecule is Cc1cc(C(=O)Nc2ccc(N)cc2Cl)ccc1[N+](=O)[O-]. The van der Waals surface area contributed by atoms with Gasteiger partial charge >= 0.3 is 0 Å². The van der Waals surface area contributed by atoms with Gasteiger partial charge in [-0.15, -0.1) is 0 Å². The molecule has 2 aromatic carbocycles. The Morgan fingerprint density at radius 1 is 1.29 bits per heavy atom. The maximum absolute atomic E-state index is 12.1. The molecule has 0 heterocycles. The third kappa shape index (κ3) is 3.29. The van der Waals surface area contributed by atoms with Crippen molar-refractivity contribution in [2.45, 2.75) is 6.92 Å². The molecule has 0 aliphatic heterocycles. The lowest BCUT2D eigenvalue weighted by Gasteiger charge is -2.08. The van der Waals surface area contributed by atoms with Gasteiger partial charge in [-0.3, -0.25) is 14.9 Å².